The Morgan fingerprint density at radius 3 is 2.62 bits per heavy atom. The van der Waals surface area contributed by atoms with Gasteiger partial charge in [0.25, 0.3) is 5.56 Å². The Kier molecular flexibility index (Phi) is 4.11. The number of rotatable bonds is 3. The van der Waals surface area contributed by atoms with E-state index in [-0.39, 0.29) is 5.56 Å². The Hall–Kier alpha value is -1.61. The summed E-state index contributed by atoms with van der Waals surface area (Å²) in [4.78, 5) is 15.4. The molecule has 0 bridgehead atoms. The first kappa shape index (κ1) is 14.3. The van der Waals surface area contributed by atoms with Crippen LogP contribution >= 0.6 is 0 Å². The quantitative estimate of drug-likeness (QED) is 0.894. The molecule has 0 aliphatic heterocycles. The highest BCUT2D eigenvalue weighted by Gasteiger charge is 2.17. The van der Waals surface area contributed by atoms with Gasteiger partial charge in [0.1, 0.15) is 6.54 Å². The number of nitrogens with one attached hydrogen (secondary N) is 1. The van der Waals surface area contributed by atoms with Crippen molar-refractivity contribution in [1.82, 2.24) is 4.98 Å². The molecule has 1 aliphatic rings. The van der Waals surface area contributed by atoms with Gasteiger partial charge in [-0.15, -0.1) is 0 Å². The highest BCUT2D eigenvalue weighted by molar-refractivity contribution is 5.85. The van der Waals surface area contributed by atoms with E-state index in [1.54, 1.807) is 0 Å². The normalized spacial score (nSPS) is 16.5. The van der Waals surface area contributed by atoms with Gasteiger partial charge < -0.3 is 10.3 Å². The second kappa shape index (κ2) is 6.02. The Morgan fingerprint density at radius 2 is 1.86 bits per heavy atom. The average molecular weight is 285 g/mol. The van der Waals surface area contributed by atoms with Gasteiger partial charge in [0.05, 0.1) is 17.1 Å². The molecule has 3 heteroatoms. The van der Waals surface area contributed by atoms with E-state index in [4.69, 9.17) is 0 Å². The number of benzene rings is 1. The summed E-state index contributed by atoms with van der Waals surface area (Å²) in [6, 6.07) is 6.99. The maximum absolute atomic E-state index is 12.3. The number of nitrogens with two attached hydrogens (primary N) is 1. The van der Waals surface area contributed by atoms with Crippen LogP contribution in [-0.2, 0) is 6.54 Å². The Labute approximate surface area is 125 Å². The topological polar surface area (TPSA) is 49.5 Å². The van der Waals surface area contributed by atoms with Crippen molar-refractivity contribution in [1.29, 1.82) is 0 Å². The monoisotopic (exact) mass is 285 g/mol. The van der Waals surface area contributed by atoms with Crippen molar-refractivity contribution < 1.29 is 5.32 Å². The molecule has 1 saturated carbocycles. The molecule has 1 fully saturated rings. The highest BCUT2D eigenvalue weighted by atomic mass is 16.1. The van der Waals surface area contributed by atoms with E-state index < -0.39 is 0 Å². The zero-order valence-corrected chi connectivity index (χ0v) is 13.0. The molecule has 1 heterocycles. The summed E-state index contributed by atoms with van der Waals surface area (Å²) in [7, 11) is 0. The summed E-state index contributed by atoms with van der Waals surface area (Å²) in [6.45, 7) is 4.95. The number of aryl methyl sites for hydroxylation is 2. The summed E-state index contributed by atoms with van der Waals surface area (Å²) in [5.74, 6) is 0. The van der Waals surface area contributed by atoms with Gasteiger partial charge in [0.2, 0.25) is 0 Å². The maximum atomic E-state index is 12.3. The number of fused-ring (bicyclic) bond motifs is 1. The number of pyridine rings is 1. The first-order valence-corrected chi connectivity index (χ1v) is 8.10. The third kappa shape index (κ3) is 3.03. The van der Waals surface area contributed by atoms with E-state index in [0.717, 1.165) is 23.2 Å². The lowest BCUT2D eigenvalue weighted by atomic mass is 9.95. The fourth-order valence-electron chi connectivity index (χ4n) is 3.43. The number of aromatic nitrogens is 1. The van der Waals surface area contributed by atoms with Crippen LogP contribution in [0.15, 0.2) is 23.0 Å². The minimum Gasteiger partial charge on any atom is -0.340 e. The van der Waals surface area contributed by atoms with Gasteiger partial charge in [-0.3, -0.25) is 4.79 Å². The van der Waals surface area contributed by atoms with Crippen molar-refractivity contribution in [3.05, 3.63) is 45.2 Å². The van der Waals surface area contributed by atoms with Crippen molar-refractivity contribution in [2.75, 3.05) is 0 Å². The molecule has 3 nitrogen and oxygen atoms in total. The summed E-state index contributed by atoms with van der Waals surface area (Å²) in [5, 5.41) is 3.54. The van der Waals surface area contributed by atoms with Crippen molar-refractivity contribution in [3.8, 4) is 0 Å². The average Bonchev–Trinajstić information content (AvgIpc) is 2.50. The highest BCUT2D eigenvalue weighted by Crippen LogP contribution is 2.19. The predicted octanol–water partition coefficient (Wildman–Crippen LogP) is 2.54. The summed E-state index contributed by atoms with van der Waals surface area (Å²) < 4.78 is 0. The Morgan fingerprint density at radius 1 is 1.14 bits per heavy atom. The van der Waals surface area contributed by atoms with E-state index in [9.17, 15) is 4.79 Å². The molecule has 0 spiro atoms. The minimum atomic E-state index is 0.0725. The van der Waals surface area contributed by atoms with Crippen LogP contribution in [-0.4, -0.2) is 11.0 Å². The largest absolute Gasteiger partial charge is 0.340 e. The molecule has 0 atom stereocenters. The van der Waals surface area contributed by atoms with Crippen molar-refractivity contribution in [2.45, 2.75) is 58.5 Å². The lowest BCUT2D eigenvalue weighted by molar-refractivity contribution is -0.706. The molecule has 0 radical (unpaired) electrons. The zero-order chi connectivity index (χ0) is 14.8. The van der Waals surface area contributed by atoms with E-state index in [1.807, 2.05) is 6.92 Å². The molecule has 0 unspecified atom stereocenters. The van der Waals surface area contributed by atoms with Crippen LogP contribution in [0.5, 0.6) is 0 Å². The van der Waals surface area contributed by atoms with Gasteiger partial charge in [0.15, 0.2) is 0 Å². The molecule has 0 saturated heterocycles. The smallest absolute Gasteiger partial charge is 0.257 e. The molecule has 21 heavy (non-hydrogen) atoms. The van der Waals surface area contributed by atoms with E-state index in [1.165, 1.54) is 43.1 Å². The standard InChI is InChI=1S/C18H24N2O/c1-12-8-9-13(2)17-16(12)10-14(18(21)20-17)11-19-15-6-4-3-5-7-15/h8-10,15,19H,3-7,11H2,1-2H3,(H,20,21)/p+1. The first-order chi connectivity index (χ1) is 10.1. The van der Waals surface area contributed by atoms with Gasteiger partial charge in [-0.05, 0) is 56.7 Å². The molecule has 1 aromatic heterocycles. The molecule has 1 aliphatic carbocycles. The minimum absolute atomic E-state index is 0.0725. The lowest BCUT2D eigenvalue weighted by Crippen LogP contribution is -2.89. The third-order valence-corrected chi connectivity index (χ3v) is 4.84. The van der Waals surface area contributed by atoms with Crippen LogP contribution < -0.4 is 10.9 Å². The zero-order valence-electron chi connectivity index (χ0n) is 13.0. The molecular formula is C18H25N2O+. The van der Waals surface area contributed by atoms with Crippen LogP contribution in [0.3, 0.4) is 0 Å². The number of hydrogen-bond donors (Lipinski definition) is 2. The first-order valence-electron chi connectivity index (χ1n) is 8.10. The molecule has 112 valence electrons. The number of hydrogen-bond acceptors (Lipinski definition) is 1. The van der Waals surface area contributed by atoms with Gasteiger partial charge in [-0.1, -0.05) is 18.6 Å². The molecule has 3 N–H and O–H groups in total. The number of H-pyrrole nitrogens is 1. The number of aromatic amines is 1. The Bertz CT molecular complexity index is 696. The second-order valence-electron chi connectivity index (χ2n) is 6.45. The lowest BCUT2D eigenvalue weighted by Gasteiger charge is -2.19. The summed E-state index contributed by atoms with van der Waals surface area (Å²) in [5.41, 5.74) is 4.33. The van der Waals surface area contributed by atoms with Gasteiger partial charge in [-0.2, -0.15) is 0 Å². The van der Waals surface area contributed by atoms with E-state index in [0.29, 0.717) is 6.04 Å². The third-order valence-electron chi connectivity index (χ3n) is 4.84. The summed E-state index contributed by atoms with van der Waals surface area (Å²) >= 11 is 0. The van der Waals surface area contributed by atoms with Gasteiger partial charge >= 0.3 is 0 Å². The van der Waals surface area contributed by atoms with Crippen LogP contribution in [0.4, 0.5) is 0 Å². The van der Waals surface area contributed by atoms with Crippen molar-refractivity contribution in [2.24, 2.45) is 0 Å². The predicted molar refractivity (Wildman–Crippen MR) is 86.5 cm³/mol. The van der Waals surface area contributed by atoms with Crippen molar-refractivity contribution in [3.63, 3.8) is 0 Å². The fourth-order valence-corrected chi connectivity index (χ4v) is 3.43. The summed E-state index contributed by atoms with van der Waals surface area (Å²) in [6.07, 6.45) is 6.65. The number of quaternary nitrogens is 1. The second-order valence-corrected chi connectivity index (χ2v) is 6.45. The van der Waals surface area contributed by atoms with Crippen LogP contribution in [0.25, 0.3) is 10.9 Å². The van der Waals surface area contributed by atoms with Gasteiger partial charge in [0, 0.05) is 5.39 Å². The Balaban J connectivity index is 1.86. The SMILES string of the molecule is Cc1ccc(C)c2[nH]c(=O)c(C[NH2+]C3CCCCC3)cc12. The maximum Gasteiger partial charge on any atom is 0.257 e. The van der Waals surface area contributed by atoms with Crippen LogP contribution in [0.1, 0.15) is 48.8 Å². The molecule has 2 aromatic rings. The molecule has 1 aromatic carbocycles. The molecular weight excluding hydrogens is 260 g/mol. The van der Waals surface area contributed by atoms with Crippen molar-refractivity contribution >= 4 is 10.9 Å². The van der Waals surface area contributed by atoms with Crippen LogP contribution in [0, 0.1) is 13.8 Å². The van der Waals surface area contributed by atoms with E-state index in [2.05, 4.69) is 35.4 Å². The molecule has 3 rings (SSSR count). The fraction of sp³-hybridized carbons (Fsp3) is 0.500. The van der Waals surface area contributed by atoms with Crippen LogP contribution in [0.2, 0.25) is 0 Å². The van der Waals surface area contributed by atoms with E-state index >= 15 is 0 Å². The van der Waals surface area contributed by atoms with Gasteiger partial charge in [-0.25, -0.2) is 0 Å². The molecule has 0 amide bonds.